The molecule has 3 heteroatoms. The maximum atomic E-state index is 12.1. The van der Waals surface area contributed by atoms with E-state index < -0.39 is 0 Å². The predicted octanol–water partition coefficient (Wildman–Crippen LogP) is 3.07. The van der Waals surface area contributed by atoms with E-state index in [9.17, 15) is 4.79 Å². The van der Waals surface area contributed by atoms with Gasteiger partial charge in [-0.3, -0.25) is 4.79 Å². The van der Waals surface area contributed by atoms with Gasteiger partial charge in [-0.25, -0.2) is 0 Å². The smallest absolute Gasteiger partial charge is 0.243 e. The molecule has 1 N–H and O–H groups in total. The molecule has 0 radical (unpaired) electrons. The second-order valence-electron chi connectivity index (χ2n) is 8.33. The number of fused-ring (bicyclic) bond motifs is 2. The van der Waals surface area contributed by atoms with Gasteiger partial charge in [-0.2, -0.15) is 0 Å². The predicted molar refractivity (Wildman–Crippen MR) is 88.0 cm³/mol. The molecule has 0 aromatic rings. The minimum Gasteiger partial charge on any atom is -0.349 e. The van der Waals surface area contributed by atoms with Gasteiger partial charge in [0.2, 0.25) is 5.91 Å². The fourth-order valence-corrected chi connectivity index (χ4v) is 4.05. The lowest BCUT2D eigenvalue weighted by Crippen LogP contribution is -2.46. The fraction of sp³-hybridized carbons (Fsp3) is 0.833. The minimum absolute atomic E-state index is 0.0907. The van der Waals surface area contributed by atoms with Gasteiger partial charge >= 0.3 is 0 Å². The summed E-state index contributed by atoms with van der Waals surface area (Å²) in [7, 11) is 4.02. The number of carbonyl (C=O) groups excluding carboxylic acids is 1. The topological polar surface area (TPSA) is 32.3 Å². The van der Waals surface area contributed by atoms with Crippen LogP contribution in [0.15, 0.2) is 12.2 Å². The van der Waals surface area contributed by atoms with Gasteiger partial charge in [0.1, 0.15) is 0 Å². The highest BCUT2D eigenvalue weighted by Gasteiger charge is 2.45. The highest BCUT2D eigenvalue weighted by atomic mass is 16.1. The molecule has 120 valence electrons. The Morgan fingerprint density at radius 3 is 2.24 bits per heavy atom. The van der Waals surface area contributed by atoms with E-state index in [-0.39, 0.29) is 5.91 Å². The van der Waals surface area contributed by atoms with Crippen molar-refractivity contribution in [1.29, 1.82) is 0 Å². The van der Waals surface area contributed by atoms with Crippen LogP contribution >= 0.6 is 0 Å². The molecule has 21 heavy (non-hydrogen) atoms. The first-order chi connectivity index (χ1) is 9.77. The highest BCUT2D eigenvalue weighted by molar-refractivity contribution is 5.87. The van der Waals surface area contributed by atoms with E-state index >= 15 is 0 Å². The molecule has 0 aromatic carbocycles. The summed E-state index contributed by atoms with van der Waals surface area (Å²) in [6.07, 6.45) is 8.80. The quantitative estimate of drug-likeness (QED) is 0.808. The van der Waals surface area contributed by atoms with E-state index in [4.69, 9.17) is 0 Å². The summed E-state index contributed by atoms with van der Waals surface area (Å²) in [5, 5.41) is 3.28. The van der Waals surface area contributed by atoms with Gasteiger partial charge in [0.25, 0.3) is 0 Å². The van der Waals surface area contributed by atoms with E-state index in [2.05, 4.69) is 31.0 Å². The van der Waals surface area contributed by atoms with Crippen molar-refractivity contribution in [3.8, 4) is 0 Å². The molecule has 0 saturated heterocycles. The average Bonchev–Trinajstić information content (AvgIpc) is 2.59. The monoisotopic (exact) mass is 292 g/mol. The summed E-state index contributed by atoms with van der Waals surface area (Å²) >= 11 is 0. The Balaban J connectivity index is 1.89. The number of hydrogen-bond acceptors (Lipinski definition) is 2. The number of hydrogen-bond donors (Lipinski definition) is 1. The first kappa shape index (κ1) is 16.5. The van der Waals surface area contributed by atoms with Gasteiger partial charge in [-0.05, 0) is 62.9 Å². The molecular weight excluding hydrogens is 260 g/mol. The number of likely N-dealkylation sites (N-methyl/N-ethyl adjacent to an activating group) is 1. The van der Waals surface area contributed by atoms with Crippen molar-refractivity contribution in [3.63, 3.8) is 0 Å². The van der Waals surface area contributed by atoms with Crippen LogP contribution in [0.3, 0.4) is 0 Å². The van der Waals surface area contributed by atoms with Crippen LogP contribution in [0.2, 0.25) is 0 Å². The zero-order valence-corrected chi connectivity index (χ0v) is 14.4. The Hall–Kier alpha value is -0.830. The van der Waals surface area contributed by atoms with Gasteiger partial charge in [0, 0.05) is 18.7 Å². The zero-order chi connectivity index (χ0) is 15.6. The van der Waals surface area contributed by atoms with Crippen LogP contribution in [-0.4, -0.2) is 37.5 Å². The standard InChI is InChI=1S/C18H32N2O/c1-18(2,3)15-11-13-8-9-14(12-15)17(13)19-16(21)7-6-10-20(4)5/h6-7,13-15,17H,8-12H2,1-5H3,(H,19,21)/b7-6+. The van der Waals surface area contributed by atoms with Gasteiger partial charge in [-0.1, -0.05) is 26.8 Å². The highest BCUT2D eigenvalue weighted by Crippen LogP contribution is 2.50. The summed E-state index contributed by atoms with van der Waals surface area (Å²) in [5.41, 5.74) is 0.404. The Labute approximate surface area is 130 Å². The van der Waals surface area contributed by atoms with Crippen LogP contribution < -0.4 is 5.32 Å². The van der Waals surface area contributed by atoms with Crippen LogP contribution in [0.4, 0.5) is 0 Å². The van der Waals surface area contributed by atoms with Crippen molar-refractivity contribution >= 4 is 5.91 Å². The maximum Gasteiger partial charge on any atom is 0.243 e. The Kier molecular flexibility index (Phi) is 5.13. The van der Waals surface area contributed by atoms with Crippen molar-refractivity contribution in [2.45, 2.75) is 52.5 Å². The van der Waals surface area contributed by atoms with Crippen LogP contribution in [-0.2, 0) is 4.79 Å². The number of nitrogens with zero attached hydrogens (tertiary/aromatic N) is 1. The molecule has 2 saturated carbocycles. The molecule has 2 aliphatic rings. The maximum absolute atomic E-state index is 12.1. The lowest BCUT2D eigenvalue weighted by molar-refractivity contribution is -0.118. The minimum atomic E-state index is 0.0907. The average molecular weight is 292 g/mol. The SMILES string of the molecule is CN(C)C/C=C/C(=O)NC1C2CCC1CC(C(C)(C)C)C2. The molecule has 2 atom stereocenters. The van der Waals surface area contributed by atoms with Gasteiger partial charge in [0.15, 0.2) is 0 Å². The molecule has 3 nitrogen and oxygen atoms in total. The number of nitrogens with one attached hydrogen (secondary N) is 1. The first-order valence-corrected chi connectivity index (χ1v) is 8.39. The van der Waals surface area contributed by atoms with Crippen molar-refractivity contribution in [2.24, 2.45) is 23.2 Å². The second kappa shape index (κ2) is 6.51. The Morgan fingerprint density at radius 1 is 1.19 bits per heavy atom. The molecular formula is C18H32N2O. The van der Waals surface area contributed by atoms with Gasteiger partial charge < -0.3 is 10.2 Å². The Bertz CT molecular complexity index is 381. The molecule has 2 bridgehead atoms. The molecule has 0 aliphatic heterocycles. The summed E-state index contributed by atoms with van der Waals surface area (Å²) in [6.45, 7) is 7.90. The largest absolute Gasteiger partial charge is 0.349 e. The Morgan fingerprint density at radius 2 is 1.76 bits per heavy atom. The third kappa shape index (κ3) is 4.32. The van der Waals surface area contributed by atoms with Crippen LogP contribution in [0.5, 0.6) is 0 Å². The van der Waals surface area contributed by atoms with Crippen molar-refractivity contribution in [1.82, 2.24) is 10.2 Å². The van der Waals surface area contributed by atoms with Gasteiger partial charge in [0.05, 0.1) is 0 Å². The van der Waals surface area contributed by atoms with E-state index in [0.29, 0.717) is 23.3 Å². The number of carbonyl (C=O) groups is 1. The number of amides is 1. The molecule has 0 aromatic heterocycles. The van der Waals surface area contributed by atoms with Gasteiger partial charge in [-0.15, -0.1) is 0 Å². The summed E-state index contributed by atoms with van der Waals surface area (Å²) in [5.74, 6) is 2.29. The molecule has 2 aliphatic carbocycles. The third-order valence-electron chi connectivity index (χ3n) is 5.37. The van der Waals surface area contributed by atoms with Crippen LogP contribution in [0.25, 0.3) is 0 Å². The van der Waals surface area contributed by atoms with Crippen molar-refractivity contribution in [2.75, 3.05) is 20.6 Å². The lowest BCUT2D eigenvalue weighted by Gasteiger charge is -2.41. The molecule has 2 rings (SSSR count). The molecule has 0 spiro atoms. The molecule has 0 heterocycles. The zero-order valence-electron chi connectivity index (χ0n) is 14.4. The van der Waals surface area contributed by atoms with Crippen LogP contribution in [0, 0.1) is 23.2 Å². The summed E-state index contributed by atoms with van der Waals surface area (Å²) in [6, 6.07) is 0.417. The summed E-state index contributed by atoms with van der Waals surface area (Å²) < 4.78 is 0. The summed E-state index contributed by atoms with van der Waals surface area (Å²) in [4.78, 5) is 14.1. The number of rotatable bonds is 4. The van der Waals surface area contributed by atoms with Crippen molar-refractivity contribution in [3.05, 3.63) is 12.2 Å². The van der Waals surface area contributed by atoms with E-state index in [1.807, 2.05) is 20.2 Å². The second-order valence-corrected chi connectivity index (χ2v) is 8.33. The molecule has 1 amide bonds. The lowest BCUT2D eigenvalue weighted by atomic mass is 9.67. The normalized spacial score (nSPS) is 32.9. The van der Waals surface area contributed by atoms with Crippen molar-refractivity contribution < 1.29 is 4.79 Å². The third-order valence-corrected chi connectivity index (χ3v) is 5.37. The first-order valence-electron chi connectivity index (χ1n) is 8.39. The molecule has 2 unspecified atom stereocenters. The van der Waals surface area contributed by atoms with E-state index in [0.717, 1.165) is 12.5 Å². The van der Waals surface area contributed by atoms with E-state index in [1.165, 1.54) is 25.7 Å². The fourth-order valence-electron chi connectivity index (χ4n) is 4.05. The molecule has 2 fully saturated rings. The van der Waals surface area contributed by atoms with Crippen LogP contribution in [0.1, 0.15) is 46.5 Å². The van der Waals surface area contributed by atoms with E-state index in [1.54, 1.807) is 6.08 Å².